The highest BCUT2D eigenvalue weighted by molar-refractivity contribution is 9.10. The van der Waals surface area contributed by atoms with Crippen molar-refractivity contribution < 1.29 is 14.8 Å². The Morgan fingerprint density at radius 2 is 2.00 bits per heavy atom. The van der Waals surface area contributed by atoms with Gasteiger partial charge in [-0.1, -0.05) is 25.7 Å². The Balaban J connectivity index is 2.37. The van der Waals surface area contributed by atoms with Gasteiger partial charge in [-0.2, -0.15) is 0 Å². The molecule has 21 heavy (non-hydrogen) atoms. The van der Waals surface area contributed by atoms with Crippen molar-refractivity contribution in [3.8, 4) is 0 Å². The SMILES string of the molecule is O=C(O)C1(Nc2ncc(Br)cc2[N+](=O)[O-])CCCCCC1. The maximum atomic E-state index is 11.7. The van der Waals surface area contributed by atoms with E-state index in [2.05, 4.69) is 26.2 Å². The summed E-state index contributed by atoms with van der Waals surface area (Å²) >= 11 is 3.13. The van der Waals surface area contributed by atoms with Crippen molar-refractivity contribution in [2.24, 2.45) is 0 Å². The molecule has 0 unspecified atom stereocenters. The fraction of sp³-hybridized carbons (Fsp3) is 0.538. The summed E-state index contributed by atoms with van der Waals surface area (Å²) in [4.78, 5) is 26.3. The number of aliphatic carboxylic acids is 1. The molecule has 0 bridgehead atoms. The summed E-state index contributed by atoms with van der Waals surface area (Å²) in [6, 6.07) is 1.32. The van der Waals surface area contributed by atoms with Crippen molar-refractivity contribution in [2.75, 3.05) is 5.32 Å². The summed E-state index contributed by atoms with van der Waals surface area (Å²) in [5.41, 5.74) is -1.41. The summed E-state index contributed by atoms with van der Waals surface area (Å²) in [7, 11) is 0. The van der Waals surface area contributed by atoms with E-state index < -0.39 is 16.4 Å². The molecule has 0 amide bonds. The number of rotatable bonds is 4. The second-order valence-electron chi connectivity index (χ2n) is 5.20. The molecular weight excluding hydrogens is 342 g/mol. The third-order valence-electron chi connectivity index (χ3n) is 3.76. The maximum Gasteiger partial charge on any atom is 0.329 e. The number of carbonyl (C=O) groups is 1. The molecule has 8 heteroatoms. The van der Waals surface area contributed by atoms with Crippen LogP contribution in [0.25, 0.3) is 0 Å². The zero-order valence-electron chi connectivity index (χ0n) is 11.3. The van der Waals surface area contributed by atoms with Gasteiger partial charge in [0.2, 0.25) is 5.82 Å². The Morgan fingerprint density at radius 1 is 1.38 bits per heavy atom. The number of anilines is 1. The minimum absolute atomic E-state index is 0.00694. The number of carboxylic acid groups (broad SMARTS) is 1. The fourth-order valence-corrected chi connectivity index (χ4v) is 2.93. The lowest BCUT2D eigenvalue weighted by Gasteiger charge is -2.29. The van der Waals surface area contributed by atoms with E-state index in [1.54, 1.807) is 0 Å². The summed E-state index contributed by atoms with van der Waals surface area (Å²) < 4.78 is 0.477. The van der Waals surface area contributed by atoms with Crippen molar-refractivity contribution >= 4 is 33.4 Å². The third-order valence-corrected chi connectivity index (χ3v) is 4.19. The third kappa shape index (κ3) is 3.49. The first kappa shape index (κ1) is 15.7. The van der Waals surface area contributed by atoms with Crippen LogP contribution < -0.4 is 5.32 Å². The second-order valence-corrected chi connectivity index (χ2v) is 6.12. The van der Waals surface area contributed by atoms with Gasteiger partial charge in [0.05, 0.1) is 4.92 Å². The van der Waals surface area contributed by atoms with E-state index in [0.29, 0.717) is 17.3 Å². The zero-order valence-corrected chi connectivity index (χ0v) is 12.9. The van der Waals surface area contributed by atoms with Gasteiger partial charge in [-0.15, -0.1) is 0 Å². The summed E-state index contributed by atoms with van der Waals surface area (Å²) in [6.07, 6.45) is 5.82. The van der Waals surface area contributed by atoms with Gasteiger partial charge in [0.1, 0.15) is 5.54 Å². The summed E-state index contributed by atoms with van der Waals surface area (Å²) in [5, 5.41) is 23.5. The average molecular weight is 358 g/mol. The van der Waals surface area contributed by atoms with E-state index in [1.807, 2.05) is 0 Å². The smallest absolute Gasteiger partial charge is 0.329 e. The minimum atomic E-state index is -1.18. The molecule has 1 aliphatic carbocycles. The van der Waals surface area contributed by atoms with Gasteiger partial charge < -0.3 is 10.4 Å². The molecule has 0 atom stereocenters. The highest BCUT2D eigenvalue weighted by Gasteiger charge is 2.40. The van der Waals surface area contributed by atoms with Crippen molar-refractivity contribution in [1.82, 2.24) is 4.98 Å². The highest BCUT2D eigenvalue weighted by atomic mass is 79.9. The average Bonchev–Trinajstić information content (AvgIpc) is 2.67. The highest BCUT2D eigenvalue weighted by Crippen LogP contribution is 2.34. The van der Waals surface area contributed by atoms with Gasteiger partial charge in [0.25, 0.3) is 0 Å². The first-order valence-electron chi connectivity index (χ1n) is 6.76. The molecule has 0 spiro atoms. The molecule has 2 rings (SSSR count). The van der Waals surface area contributed by atoms with Gasteiger partial charge in [-0.25, -0.2) is 9.78 Å². The maximum absolute atomic E-state index is 11.7. The quantitative estimate of drug-likeness (QED) is 0.486. The number of hydrogen-bond donors (Lipinski definition) is 2. The van der Waals surface area contributed by atoms with Crippen molar-refractivity contribution in [1.29, 1.82) is 0 Å². The predicted molar refractivity (Wildman–Crippen MR) is 80.3 cm³/mol. The Kier molecular flexibility index (Phi) is 4.76. The van der Waals surface area contributed by atoms with Crippen LogP contribution in [0.15, 0.2) is 16.7 Å². The molecule has 1 aliphatic rings. The van der Waals surface area contributed by atoms with E-state index >= 15 is 0 Å². The molecule has 1 heterocycles. The normalized spacial score (nSPS) is 17.8. The lowest BCUT2D eigenvalue weighted by Crippen LogP contribution is -2.46. The van der Waals surface area contributed by atoms with E-state index in [-0.39, 0.29) is 11.5 Å². The molecule has 0 aromatic carbocycles. The minimum Gasteiger partial charge on any atom is -0.480 e. The number of carboxylic acids is 1. The number of pyridine rings is 1. The lowest BCUT2D eigenvalue weighted by molar-refractivity contribution is -0.384. The van der Waals surface area contributed by atoms with Crippen LogP contribution in [0.4, 0.5) is 11.5 Å². The number of hydrogen-bond acceptors (Lipinski definition) is 5. The van der Waals surface area contributed by atoms with Crippen LogP contribution in [-0.4, -0.2) is 26.5 Å². The van der Waals surface area contributed by atoms with Crippen LogP contribution in [0.3, 0.4) is 0 Å². The number of aromatic nitrogens is 1. The fourth-order valence-electron chi connectivity index (χ4n) is 2.62. The topological polar surface area (TPSA) is 105 Å². The molecule has 114 valence electrons. The second kappa shape index (κ2) is 6.38. The Bertz CT molecular complexity index is 556. The molecule has 7 nitrogen and oxygen atoms in total. The number of halogens is 1. The van der Waals surface area contributed by atoms with Gasteiger partial charge in [-0.3, -0.25) is 10.1 Å². The summed E-state index contributed by atoms with van der Waals surface area (Å²) in [5.74, 6) is -0.976. The van der Waals surface area contributed by atoms with E-state index in [4.69, 9.17) is 0 Å². The predicted octanol–water partition coefficient (Wildman–Crippen LogP) is 3.34. The monoisotopic (exact) mass is 357 g/mol. The molecule has 1 fully saturated rings. The van der Waals surface area contributed by atoms with E-state index in [0.717, 1.165) is 25.7 Å². The van der Waals surface area contributed by atoms with E-state index in [9.17, 15) is 20.0 Å². The lowest BCUT2D eigenvalue weighted by atomic mass is 9.90. The Morgan fingerprint density at radius 3 is 2.52 bits per heavy atom. The zero-order chi connectivity index (χ0) is 15.5. The summed E-state index contributed by atoms with van der Waals surface area (Å²) in [6.45, 7) is 0. The first-order chi connectivity index (χ1) is 9.94. The Labute approximate surface area is 130 Å². The molecule has 1 saturated carbocycles. The van der Waals surface area contributed by atoms with Crippen LogP contribution in [-0.2, 0) is 4.79 Å². The Hall–Kier alpha value is -1.70. The largest absolute Gasteiger partial charge is 0.480 e. The van der Waals surface area contributed by atoms with E-state index in [1.165, 1.54) is 12.3 Å². The van der Waals surface area contributed by atoms with Crippen LogP contribution >= 0.6 is 15.9 Å². The standard InChI is InChI=1S/C13H16BrN3O4/c14-9-7-10(17(20)21)11(15-8-9)16-13(12(18)19)5-3-1-2-4-6-13/h7-8H,1-6H2,(H,15,16)(H,18,19). The molecule has 1 aromatic heterocycles. The van der Waals surface area contributed by atoms with Gasteiger partial charge >= 0.3 is 11.7 Å². The number of nitro groups is 1. The number of nitrogens with zero attached hydrogens (tertiary/aromatic N) is 2. The first-order valence-corrected chi connectivity index (χ1v) is 7.55. The number of nitrogens with one attached hydrogen (secondary N) is 1. The van der Waals surface area contributed by atoms with Crippen molar-refractivity contribution in [2.45, 2.75) is 44.1 Å². The van der Waals surface area contributed by atoms with Crippen molar-refractivity contribution in [3.05, 3.63) is 26.9 Å². The molecule has 0 saturated heterocycles. The van der Waals surface area contributed by atoms with Crippen LogP contribution in [0.2, 0.25) is 0 Å². The van der Waals surface area contributed by atoms with Gasteiger partial charge in [-0.05, 0) is 28.8 Å². The van der Waals surface area contributed by atoms with Crippen LogP contribution in [0.5, 0.6) is 0 Å². The molecule has 2 N–H and O–H groups in total. The molecule has 0 aliphatic heterocycles. The molecular formula is C13H16BrN3O4. The molecule has 1 aromatic rings. The van der Waals surface area contributed by atoms with Crippen LogP contribution in [0, 0.1) is 10.1 Å². The van der Waals surface area contributed by atoms with Gasteiger partial charge in [0, 0.05) is 16.7 Å². The van der Waals surface area contributed by atoms with Crippen LogP contribution in [0.1, 0.15) is 38.5 Å². The van der Waals surface area contributed by atoms with Gasteiger partial charge in [0.15, 0.2) is 0 Å². The molecule has 0 radical (unpaired) electrons. The van der Waals surface area contributed by atoms with Crippen molar-refractivity contribution in [3.63, 3.8) is 0 Å².